The molecule has 1 amide bonds. The maximum absolute atomic E-state index is 11.7. The number of amides is 1. The van der Waals surface area contributed by atoms with Crippen molar-refractivity contribution in [3.05, 3.63) is 24.3 Å². The molecule has 8 heteroatoms. The fourth-order valence-corrected chi connectivity index (χ4v) is 3.78. The van der Waals surface area contributed by atoms with Crippen molar-refractivity contribution in [3.63, 3.8) is 0 Å². The van der Waals surface area contributed by atoms with Crippen molar-refractivity contribution in [1.29, 1.82) is 0 Å². The number of hydrogen-bond donors (Lipinski definition) is 3. The molecule has 0 spiro atoms. The highest BCUT2D eigenvalue weighted by molar-refractivity contribution is 8.00. The average molecular weight is 331 g/mol. The van der Waals surface area contributed by atoms with E-state index < -0.39 is 10.0 Å². The third kappa shape index (κ3) is 7.93. The van der Waals surface area contributed by atoms with E-state index in [1.165, 1.54) is 11.8 Å². The fourth-order valence-electron chi connectivity index (χ4n) is 1.45. The number of carbonyl (C=O) groups excluding carboxylic acids is 1. The van der Waals surface area contributed by atoms with E-state index >= 15 is 0 Å². The van der Waals surface area contributed by atoms with Gasteiger partial charge in [0.25, 0.3) is 0 Å². The predicted octanol–water partition coefficient (Wildman–Crippen LogP) is 0.806. The minimum atomic E-state index is -3.44. The summed E-state index contributed by atoms with van der Waals surface area (Å²) in [6.07, 6.45) is 0.815. The highest BCUT2D eigenvalue weighted by Crippen LogP contribution is 2.20. The molecular weight excluding hydrogens is 310 g/mol. The molecule has 1 aromatic rings. The molecule has 4 N–H and O–H groups in total. The first-order valence-electron chi connectivity index (χ1n) is 6.65. The summed E-state index contributed by atoms with van der Waals surface area (Å²) in [4.78, 5) is 12.2. The molecule has 0 saturated carbocycles. The van der Waals surface area contributed by atoms with Crippen molar-refractivity contribution < 1.29 is 13.2 Å². The molecule has 0 aliphatic heterocycles. The SMILES string of the molecule is CCCNC(=O)CNS(=O)(=O)CCSc1cccc(N)c1. The van der Waals surface area contributed by atoms with Crippen molar-refractivity contribution in [3.8, 4) is 0 Å². The Kier molecular flexibility index (Phi) is 7.55. The summed E-state index contributed by atoms with van der Waals surface area (Å²) in [5.41, 5.74) is 6.30. The number of hydrogen-bond acceptors (Lipinski definition) is 5. The van der Waals surface area contributed by atoms with Crippen LogP contribution in [0.4, 0.5) is 5.69 Å². The van der Waals surface area contributed by atoms with Crippen LogP contribution in [0.1, 0.15) is 13.3 Å². The van der Waals surface area contributed by atoms with Gasteiger partial charge in [-0.2, -0.15) is 0 Å². The van der Waals surface area contributed by atoms with Crippen LogP contribution in [0.2, 0.25) is 0 Å². The molecule has 0 bridgehead atoms. The van der Waals surface area contributed by atoms with Gasteiger partial charge in [-0.15, -0.1) is 11.8 Å². The Hall–Kier alpha value is -1.25. The van der Waals surface area contributed by atoms with Crippen molar-refractivity contribution in [2.75, 3.05) is 30.3 Å². The monoisotopic (exact) mass is 331 g/mol. The molecule has 1 aromatic carbocycles. The molecule has 21 heavy (non-hydrogen) atoms. The second-order valence-electron chi connectivity index (χ2n) is 4.41. The molecule has 6 nitrogen and oxygen atoms in total. The summed E-state index contributed by atoms with van der Waals surface area (Å²) in [6, 6.07) is 7.27. The number of anilines is 1. The Labute approximate surface area is 129 Å². The zero-order chi connectivity index (χ0) is 15.7. The summed E-state index contributed by atoms with van der Waals surface area (Å²) in [5.74, 6) is 0.0343. The third-order valence-electron chi connectivity index (χ3n) is 2.50. The smallest absolute Gasteiger partial charge is 0.235 e. The minimum Gasteiger partial charge on any atom is -0.399 e. The van der Waals surface area contributed by atoms with Crippen molar-refractivity contribution in [2.24, 2.45) is 0 Å². The van der Waals surface area contributed by atoms with Crippen LogP contribution in [0.25, 0.3) is 0 Å². The fraction of sp³-hybridized carbons (Fsp3) is 0.462. The van der Waals surface area contributed by atoms with E-state index in [0.29, 0.717) is 18.0 Å². The van der Waals surface area contributed by atoms with Gasteiger partial charge in [0.05, 0.1) is 12.3 Å². The van der Waals surface area contributed by atoms with Gasteiger partial charge in [0.15, 0.2) is 0 Å². The second-order valence-corrected chi connectivity index (χ2v) is 7.51. The summed E-state index contributed by atoms with van der Waals surface area (Å²) in [7, 11) is -3.44. The number of sulfonamides is 1. The largest absolute Gasteiger partial charge is 0.399 e. The first-order valence-corrected chi connectivity index (χ1v) is 9.29. The average Bonchev–Trinajstić information content (AvgIpc) is 2.43. The normalized spacial score (nSPS) is 11.3. The lowest BCUT2D eigenvalue weighted by molar-refractivity contribution is -0.119. The van der Waals surface area contributed by atoms with Gasteiger partial charge in [-0.25, -0.2) is 13.1 Å². The Morgan fingerprint density at radius 1 is 1.38 bits per heavy atom. The van der Waals surface area contributed by atoms with Gasteiger partial charge < -0.3 is 11.1 Å². The maximum Gasteiger partial charge on any atom is 0.235 e. The number of nitrogen functional groups attached to an aromatic ring is 1. The van der Waals surface area contributed by atoms with E-state index in [4.69, 9.17) is 5.73 Å². The van der Waals surface area contributed by atoms with Gasteiger partial charge in [-0.3, -0.25) is 4.79 Å². The highest BCUT2D eigenvalue weighted by atomic mass is 32.2. The zero-order valence-corrected chi connectivity index (χ0v) is 13.6. The molecule has 0 aromatic heterocycles. The molecule has 1 rings (SSSR count). The molecule has 118 valence electrons. The van der Waals surface area contributed by atoms with Crippen LogP contribution in [0.3, 0.4) is 0 Å². The van der Waals surface area contributed by atoms with E-state index in [-0.39, 0.29) is 18.2 Å². The van der Waals surface area contributed by atoms with Gasteiger partial charge in [0.1, 0.15) is 0 Å². The number of nitrogens with one attached hydrogen (secondary N) is 2. The number of carbonyl (C=O) groups is 1. The summed E-state index contributed by atoms with van der Waals surface area (Å²) in [5, 5.41) is 2.61. The number of thioether (sulfide) groups is 1. The van der Waals surface area contributed by atoms with Gasteiger partial charge >= 0.3 is 0 Å². The standard InChI is InChI=1S/C13H21N3O3S2/c1-2-6-15-13(17)10-16-21(18,19)8-7-20-12-5-3-4-11(14)9-12/h3-5,9,16H,2,6-8,10,14H2,1H3,(H,15,17). The third-order valence-corrected chi connectivity index (χ3v) is 5.08. The first kappa shape index (κ1) is 17.8. The Bertz CT molecular complexity index is 562. The van der Waals surface area contributed by atoms with Gasteiger partial charge in [0.2, 0.25) is 15.9 Å². The molecule has 0 aliphatic carbocycles. The first-order chi connectivity index (χ1) is 9.93. The predicted molar refractivity (Wildman–Crippen MR) is 86.7 cm³/mol. The van der Waals surface area contributed by atoms with Gasteiger partial charge in [-0.05, 0) is 24.6 Å². The lowest BCUT2D eigenvalue weighted by Crippen LogP contribution is -2.38. The molecular formula is C13H21N3O3S2. The van der Waals surface area contributed by atoms with Crippen molar-refractivity contribution in [1.82, 2.24) is 10.0 Å². The number of rotatable bonds is 9. The quantitative estimate of drug-likeness (QED) is 0.459. The second kappa shape index (κ2) is 8.91. The number of nitrogens with two attached hydrogens (primary N) is 1. The van der Waals surface area contributed by atoms with E-state index in [0.717, 1.165) is 11.3 Å². The summed E-state index contributed by atoms with van der Waals surface area (Å²) in [6.45, 7) is 2.26. The highest BCUT2D eigenvalue weighted by Gasteiger charge is 2.12. The van der Waals surface area contributed by atoms with Gasteiger partial charge in [-0.1, -0.05) is 13.0 Å². The van der Waals surface area contributed by atoms with Crippen molar-refractivity contribution in [2.45, 2.75) is 18.2 Å². The molecule has 0 saturated heterocycles. The molecule has 0 unspecified atom stereocenters. The Morgan fingerprint density at radius 2 is 2.14 bits per heavy atom. The lowest BCUT2D eigenvalue weighted by atomic mass is 10.3. The zero-order valence-electron chi connectivity index (χ0n) is 12.0. The molecule has 0 radical (unpaired) electrons. The maximum atomic E-state index is 11.7. The van der Waals surface area contributed by atoms with E-state index in [1.54, 1.807) is 12.1 Å². The number of benzene rings is 1. The van der Waals surface area contributed by atoms with E-state index in [9.17, 15) is 13.2 Å². The van der Waals surface area contributed by atoms with Crippen molar-refractivity contribution >= 4 is 33.4 Å². The van der Waals surface area contributed by atoms with Crippen LogP contribution in [-0.2, 0) is 14.8 Å². The van der Waals surface area contributed by atoms with Crippen LogP contribution >= 0.6 is 11.8 Å². The molecule has 0 heterocycles. The van der Waals surface area contributed by atoms with E-state index in [1.807, 2.05) is 19.1 Å². The minimum absolute atomic E-state index is 0.0481. The van der Waals surface area contributed by atoms with Crippen LogP contribution < -0.4 is 15.8 Å². The summed E-state index contributed by atoms with van der Waals surface area (Å²) >= 11 is 1.41. The van der Waals surface area contributed by atoms with Crippen LogP contribution in [-0.4, -0.2) is 38.9 Å². The summed E-state index contributed by atoms with van der Waals surface area (Å²) < 4.78 is 25.8. The Balaban J connectivity index is 2.31. The van der Waals surface area contributed by atoms with Gasteiger partial charge in [0, 0.05) is 22.9 Å². The molecule has 0 atom stereocenters. The van der Waals surface area contributed by atoms with Crippen LogP contribution in [0.15, 0.2) is 29.2 Å². The Morgan fingerprint density at radius 3 is 2.81 bits per heavy atom. The molecule has 0 fully saturated rings. The lowest BCUT2D eigenvalue weighted by Gasteiger charge is -2.07. The topological polar surface area (TPSA) is 101 Å². The van der Waals surface area contributed by atoms with Crippen LogP contribution in [0.5, 0.6) is 0 Å². The molecule has 0 aliphatic rings. The van der Waals surface area contributed by atoms with Crippen LogP contribution in [0, 0.1) is 0 Å². The van der Waals surface area contributed by atoms with E-state index in [2.05, 4.69) is 10.0 Å².